The van der Waals surface area contributed by atoms with E-state index in [1.165, 1.54) is 0 Å². The minimum absolute atomic E-state index is 0.778. The zero-order chi connectivity index (χ0) is 45.4. The Labute approximate surface area is 397 Å². The van der Waals surface area contributed by atoms with Crippen LogP contribution in [-0.4, -0.2) is 0 Å². The molecular formula is C64H40N2O3. The van der Waals surface area contributed by atoms with Crippen LogP contribution in [0, 0.1) is 0 Å². The summed E-state index contributed by atoms with van der Waals surface area (Å²) in [6.07, 6.45) is 0. The quantitative estimate of drug-likeness (QED) is 0.152. The Kier molecular flexibility index (Phi) is 8.83. The van der Waals surface area contributed by atoms with Crippen LogP contribution in [0.3, 0.4) is 0 Å². The van der Waals surface area contributed by atoms with Gasteiger partial charge in [0, 0.05) is 55.3 Å². The highest BCUT2D eigenvalue weighted by atomic mass is 16.5. The SMILES string of the molecule is c1ccc(-c2cccc(N(c3ccc4c(c3)Oc3cccc5c(N(c6cccc(-c7ccccc7)c6)c6cccc7c6oc6ccccc67)ccc-4c35)c3cccc4c3oc3ccccc34)c2)cc1. The molecule has 2 aromatic heterocycles. The number of fused-ring (bicyclic) bond motifs is 8. The molecule has 324 valence electrons. The van der Waals surface area contributed by atoms with E-state index in [1.54, 1.807) is 0 Å². The maximum atomic E-state index is 7.09. The van der Waals surface area contributed by atoms with Crippen molar-refractivity contribution in [2.75, 3.05) is 9.80 Å². The predicted octanol–water partition coefficient (Wildman–Crippen LogP) is 18.7. The van der Waals surface area contributed by atoms with E-state index in [0.29, 0.717) is 0 Å². The molecule has 1 aliphatic heterocycles. The number of ether oxygens (including phenoxy) is 1. The molecule has 0 bridgehead atoms. The van der Waals surface area contributed by atoms with Crippen LogP contribution in [-0.2, 0) is 0 Å². The molecule has 0 atom stereocenters. The van der Waals surface area contributed by atoms with Crippen molar-refractivity contribution in [3.8, 4) is 44.9 Å². The molecule has 13 aromatic rings. The van der Waals surface area contributed by atoms with Crippen LogP contribution in [0.5, 0.6) is 11.5 Å². The molecule has 0 amide bonds. The number of anilines is 6. The molecule has 0 radical (unpaired) electrons. The molecule has 14 rings (SSSR count). The second-order valence-corrected chi connectivity index (χ2v) is 17.6. The van der Waals surface area contributed by atoms with E-state index in [-0.39, 0.29) is 0 Å². The zero-order valence-electron chi connectivity index (χ0n) is 37.2. The lowest BCUT2D eigenvalue weighted by Crippen LogP contribution is -2.12. The fraction of sp³-hybridized carbons (Fsp3) is 0. The van der Waals surface area contributed by atoms with Gasteiger partial charge in [0.2, 0.25) is 0 Å². The molecule has 5 heteroatoms. The molecule has 11 aromatic carbocycles. The first-order valence-electron chi connectivity index (χ1n) is 23.3. The van der Waals surface area contributed by atoms with Crippen molar-refractivity contribution in [3.05, 3.63) is 243 Å². The number of para-hydroxylation sites is 4. The van der Waals surface area contributed by atoms with Crippen LogP contribution in [0.4, 0.5) is 34.1 Å². The van der Waals surface area contributed by atoms with Crippen molar-refractivity contribution in [3.63, 3.8) is 0 Å². The van der Waals surface area contributed by atoms with Gasteiger partial charge >= 0.3 is 0 Å². The molecule has 0 N–H and O–H groups in total. The molecule has 0 unspecified atom stereocenters. The summed E-state index contributed by atoms with van der Waals surface area (Å²) >= 11 is 0. The van der Waals surface area contributed by atoms with Crippen LogP contribution < -0.4 is 14.5 Å². The van der Waals surface area contributed by atoms with E-state index in [0.717, 1.165) is 134 Å². The van der Waals surface area contributed by atoms with Crippen molar-refractivity contribution >= 4 is 88.8 Å². The molecule has 0 aliphatic carbocycles. The highest BCUT2D eigenvalue weighted by Gasteiger charge is 2.28. The predicted molar refractivity (Wildman–Crippen MR) is 284 cm³/mol. The molecule has 5 nitrogen and oxygen atoms in total. The van der Waals surface area contributed by atoms with Gasteiger partial charge in [-0.1, -0.05) is 164 Å². The number of benzene rings is 11. The smallest absolute Gasteiger partial charge is 0.159 e. The number of hydrogen-bond donors (Lipinski definition) is 0. The van der Waals surface area contributed by atoms with E-state index in [1.807, 2.05) is 24.3 Å². The highest BCUT2D eigenvalue weighted by molar-refractivity contribution is 6.15. The van der Waals surface area contributed by atoms with Crippen molar-refractivity contribution in [1.82, 2.24) is 0 Å². The maximum absolute atomic E-state index is 7.09. The Balaban J connectivity index is 0.944. The minimum atomic E-state index is 0.778. The van der Waals surface area contributed by atoms with E-state index in [2.05, 4.69) is 228 Å². The van der Waals surface area contributed by atoms with Gasteiger partial charge in [-0.25, -0.2) is 0 Å². The summed E-state index contributed by atoms with van der Waals surface area (Å²) in [5.74, 6) is 1.58. The summed E-state index contributed by atoms with van der Waals surface area (Å²) in [5, 5.41) is 6.42. The van der Waals surface area contributed by atoms with Crippen LogP contribution in [0.1, 0.15) is 0 Å². The first kappa shape index (κ1) is 38.9. The van der Waals surface area contributed by atoms with Gasteiger partial charge in [-0.15, -0.1) is 0 Å². The Morgan fingerprint density at radius 2 is 0.754 bits per heavy atom. The van der Waals surface area contributed by atoms with E-state index >= 15 is 0 Å². The fourth-order valence-electron chi connectivity index (χ4n) is 10.5. The maximum Gasteiger partial charge on any atom is 0.159 e. The topological polar surface area (TPSA) is 42.0 Å². The third kappa shape index (κ3) is 6.32. The first-order chi connectivity index (χ1) is 34.2. The largest absolute Gasteiger partial charge is 0.456 e. The third-order valence-corrected chi connectivity index (χ3v) is 13.6. The normalized spacial score (nSPS) is 11.9. The van der Waals surface area contributed by atoms with Gasteiger partial charge in [-0.2, -0.15) is 0 Å². The lowest BCUT2D eigenvalue weighted by molar-refractivity contribution is 0.487. The average molecular weight is 885 g/mol. The monoisotopic (exact) mass is 884 g/mol. The number of hydrogen-bond acceptors (Lipinski definition) is 5. The summed E-state index contributed by atoms with van der Waals surface area (Å²) < 4.78 is 20.5. The van der Waals surface area contributed by atoms with Crippen molar-refractivity contribution in [1.29, 1.82) is 0 Å². The Bertz CT molecular complexity index is 4130. The first-order valence-corrected chi connectivity index (χ1v) is 23.3. The molecule has 0 saturated heterocycles. The van der Waals surface area contributed by atoms with Gasteiger partial charge in [0.25, 0.3) is 0 Å². The van der Waals surface area contributed by atoms with Crippen LogP contribution in [0.25, 0.3) is 88.0 Å². The third-order valence-electron chi connectivity index (χ3n) is 13.6. The molecule has 1 aliphatic rings. The van der Waals surface area contributed by atoms with Crippen LogP contribution in [0.2, 0.25) is 0 Å². The summed E-state index contributed by atoms with van der Waals surface area (Å²) in [6.45, 7) is 0. The summed E-state index contributed by atoms with van der Waals surface area (Å²) in [5.41, 5.74) is 15.9. The van der Waals surface area contributed by atoms with Gasteiger partial charge in [-0.05, 0) is 101 Å². The Morgan fingerprint density at radius 1 is 0.275 bits per heavy atom. The number of furan rings is 2. The Morgan fingerprint density at radius 3 is 1.39 bits per heavy atom. The van der Waals surface area contributed by atoms with Gasteiger partial charge in [0.05, 0.1) is 22.7 Å². The number of nitrogens with zero attached hydrogens (tertiary/aromatic N) is 2. The van der Waals surface area contributed by atoms with Gasteiger partial charge < -0.3 is 23.4 Å². The average Bonchev–Trinajstić information content (AvgIpc) is 4.00. The summed E-state index contributed by atoms with van der Waals surface area (Å²) in [6, 6.07) is 85.4. The minimum Gasteiger partial charge on any atom is -0.456 e. The highest BCUT2D eigenvalue weighted by Crippen LogP contribution is 2.53. The fourth-order valence-corrected chi connectivity index (χ4v) is 10.5. The molecule has 0 spiro atoms. The van der Waals surface area contributed by atoms with Gasteiger partial charge in [0.15, 0.2) is 11.2 Å². The molecular weight excluding hydrogens is 845 g/mol. The molecule has 0 fully saturated rings. The lowest BCUT2D eigenvalue weighted by Gasteiger charge is -2.30. The van der Waals surface area contributed by atoms with Gasteiger partial charge in [-0.3, -0.25) is 0 Å². The summed E-state index contributed by atoms with van der Waals surface area (Å²) in [7, 11) is 0. The molecule has 0 saturated carbocycles. The second kappa shape index (κ2) is 15.7. The van der Waals surface area contributed by atoms with E-state index in [9.17, 15) is 0 Å². The van der Waals surface area contributed by atoms with Crippen LogP contribution >= 0.6 is 0 Å². The molecule has 3 heterocycles. The van der Waals surface area contributed by atoms with Gasteiger partial charge in [0.1, 0.15) is 22.7 Å². The van der Waals surface area contributed by atoms with Crippen molar-refractivity contribution < 1.29 is 13.6 Å². The Hall–Kier alpha value is -9.32. The number of rotatable bonds is 8. The van der Waals surface area contributed by atoms with Crippen molar-refractivity contribution in [2.24, 2.45) is 0 Å². The van der Waals surface area contributed by atoms with Crippen molar-refractivity contribution in [2.45, 2.75) is 0 Å². The van der Waals surface area contributed by atoms with E-state index in [4.69, 9.17) is 13.6 Å². The molecule has 69 heavy (non-hydrogen) atoms. The zero-order valence-corrected chi connectivity index (χ0v) is 37.2. The second-order valence-electron chi connectivity index (χ2n) is 17.6. The van der Waals surface area contributed by atoms with Crippen LogP contribution in [0.15, 0.2) is 251 Å². The van der Waals surface area contributed by atoms with E-state index < -0.39 is 0 Å². The lowest BCUT2D eigenvalue weighted by atomic mass is 9.92. The standard InChI is InChI=1S/C64H40N2O3/c1-3-16-41(17-4-1)43-20-11-22-45(38-43)65(56-29-13-26-52-48-24-7-9-31-58(48)68-63(52)56)47-34-35-50-51-36-37-55(54-28-15-33-60(62(51)54)67-61(50)40-47)66(46-23-12-21-44(39-46)42-18-5-2-6-19-42)57-30-14-27-53-49-25-8-10-32-59(49)69-64(53)57/h1-40H. The summed E-state index contributed by atoms with van der Waals surface area (Å²) in [4.78, 5) is 4.64.